The Bertz CT molecular complexity index is 843. The molecule has 7 nitrogen and oxygen atoms in total. The SMILES string of the molecule is NS(=O)(=O)c1cccc(NC(=O)NCCNCc2ccccc2F)c1. The van der Waals surface area contributed by atoms with Gasteiger partial charge in [-0.2, -0.15) is 0 Å². The number of urea groups is 1. The van der Waals surface area contributed by atoms with Gasteiger partial charge >= 0.3 is 6.03 Å². The van der Waals surface area contributed by atoms with Gasteiger partial charge in [-0.25, -0.2) is 22.7 Å². The Morgan fingerprint density at radius 2 is 1.84 bits per heavy atom. The predicted molar refractivity (Wildman–Crippen MR) is 92.9 cm³/mol. The molecule has 0 saturated heterocycles. The first-order valence-electron chi connectivity index (χ1n) is 7.48. The zero-order valence-corrected chi connectivity index (χ0v) is 14.1. The molecular formula is C16H19FN4O3S. The number of halogens is 1. The van der Waals surface area contributed by atoms with Crippen LogP contribution < -0.4 is 21.1 Å². The number of primary sulfonamides is 1. The van der Waals surface area contributed by atoms with Crippen LogP contribution in [0.25, 0.3) is 0 Å². The van der Waals surface area contributed by atoms with E-state index in [2.05, 4.69) is 16.0 Å². The summed E-state index contributed by atoms with van der Waals surface area (Å²) in [4.78, 5) is 11.7. The Morgan fingerprint density at radius 1 is 1.08 bits per heavy atom. The second-order valence-electron chi connectivity index (χ2n) is 5.22. The Kier molecular flexibility index (Phi) is 6.45. The number of nitrogens with one attached hydrogen (secondary N) is 3. The second kappa shape index (κ2) is 8.56. The van der Waals surface area contributed by atoms with E-state index in [-0.39, 0.29) is 10.7 Å². The minimum atomic E-state index is -3.83. The Hall–Kier alpha value is -2.49. The lowest BCUT2D eigenvalue weighted by Gasteiger charge is -2.09. The van der Waals surface area contributed by atoms with Gasteiger partial charge in [0.25, 0.3) is 0 Å². The highest BCUT2D eigenvalue weighted by molar-refractivity contribution is 7.89. The molecule has 2 aromatic carbocycles. The summed E-state index contributed by atoms with van der Waals surface area (Å²) >= 11 is 0. The van der Waals surface area contributed by atoms with Gasteiger partial charge < -0.3 is 16.0 Å². The molecule has 0 atom stereocenters. The lowest BCUT2D eigenvalue weighted by Crippen LogP contribution is -2.34. The smallest absolute Gasteiger partial charge is 0.319 e. The predicted octanol–water partition coefficient (Wildman–Crippen LogP) is 1.38. The first kappa shape index (κ1) is 18.8. The molecule has 5 N–H and O–H groups in total. The maximum atomic E-state index is 13.4. The maximum absolute atomic E-state index is 13.4. The van der Waals surface area contributed by atoms with Crippen molar-refractivity contribution in [2.75, 3.05) is 18.4 Å². The molecule has 0 aliphatic heterocycles. The molecule has 0 spiro atoms. The fourth-order valence-electron chi connectivity index (χ4n) is 2.06. The summed E-state index contributed by atoms with van der Waals surface area (Å²) in [6.07, 6.45) is 0. The van der Waals surface area contributed by atoms with E-state index in [9.17, 15) is 17.6 Å². The van der Waals surface area contributed by atoms with Gasteiger partial charge in [0.1, 0.15) is 5.82 Å². The zero-order valence-electron chi connectivity index (χ0n) is 13.3. The van der Waals surface area contributed by atoms with Crippen molar-refractivity contribution in [3.05, 3.63) is 59.9 Å². The van der Waals surface area contributed by atoms with Crippen LogP contribution in [0.5, 0.6) is 0 Å². The Balaban J connectivity index is 1.73. The molecule has 25 heavy (non-hydrogen) atoms. The summed E-state index contributed by atoms with van der Waals surface area (Å²) in [5.41, 5.74) is 0.857. The van der Waals surface area contributed by atoms with Crippen molar-refractivity contribution in [3.63, 3.8) is 0 Å². The number of sulfonamides is 1. The third-order valence-corrected chi connectivity index (χ3v) is 4.19. The summed E-state index contributed by atoms with van der Waals surface area (Å²) in [6, 6.07) is 11.6. The molecule has 0 bridgehead atoms. The standard InChI is InChI=1S/C16H19FN4O3S/c17-15-7-2-1-4-12(15)11-19-8-9-20-16(22)21-13-5-3-6-14(10-13)25(18,23)24/h1-7,10,19H,8-9,11H2,(H2,18,23,24)(H2,20,21,22). The van der Waals surface area contributed by atoms with Gasteiger partial charge in [0.2, 0.25) is 10.0 Å². The van der Waals surface area contributed by atoms with Crippen molar-refractivity contribution in [1.29, 1.82) is 0 Å². The molecule has 0 aliphatic carbocycles. The Labute approximate surface area is 145 Å². The third-order valence-electron chi connectivity index (χ3n) is 3.28. The van der Waals surface area contributed by atoms with Crippen molar-refractivity contribution in [2.24, 2.45) is 5.14 Å². The number of carbonyl (C=O) groups excluding carboxylic acids is 1. The first-order valence-corrected chi connectivity index (χ1v) is 9.03. The van der Waals surface area contributed by atoms with E-state index in [0.29, 0.717) is 30.9 Å². The van der Waals surface area contributed by atoms with Crippen LogP contribution in [0.3, 0.4) is 0 Å². The van der Waals surface area contributed by atoms with Crippen LogP contribution in [-0.4, -0.2) is 27.5 Å². The van der Waals surface area contributed by atoms with Gasteiger partial charge in [-0.3, -0.25) is 0 Å². The van der Waals surface area contributed by atoms with Crippen LogP contribution in [0, 0.1) is 5.82 Å². The van der Waals surface area contributed by atoms with Crippen LogP contribution in [0.15, 0.2) is 53.4 Å². The number of hydrogen-bond acceptors (Lipinski definition) is 4. The number of benzene rings is 2. The molecule has 9 heteroatoms. The summed E-state index contributed by atoms with van der Waals surface area (Å²) in [6.45, 7) is 1.11. The van der Waals surface area contributed by atoms with Crippen molar-refractivity contribution < 1.29 is 17.6 Å². The molecule has 0 saturated carbocycles. The fourth-order valence-corrected chi connectivity index (χ4v) is 2.61. The Morgan fingerprint density at radius 3 is 2.56 bits per heavy atom. The van der Waals surface area contributed by atoms with Crippen LogP contribution >= 0.6 is 0 Å². The molecule has 134 valence electrons. The largest absolute Gasteiger partial charge is 0.337 e. The monoisotopic (exact) mass is 366 g/mol. The van der Waals surface area contributed by atoms with Gasteiger partial charge in [-0.15, -0.1) is 0 Å². The van der Waals surface area contributed by atoms with E-state index in [1.165, 1.54) is 24.3 Å². The van der Waals surface area contributed by atoms with Crippen LogP contribution in [0.2, 0.25) is 0 Å². The number of nitrogens with two attached hydrogens (primary N) is 1. The highest BCUT2D eigenvalue weighted by Gasteiger charge is 2.09. The zero-order chi connectivity index (χ0) is 18.3. The summed E-state index contributed by atoms with van der Waals surface area (Å²) in [7, 11) is -3.83. The fraction of sp³-hybridized carbons (Fsp3) is 0.188. The van der Waals surface area contributed by atoms with Gasteiger partial charge in [0.15, 0.2) is 0 Å². The topological polar surface area (TPSA) is 113 Å². The van der Waals surface area contributed by atoms with Crippen LogP contribution in [0.1, 0.15) is 5.56 Å². The molecule has 0 unspecified atom stereocenters. The molecule has 2 rings (SSSR count). The molecule has 2 amide bonds. The average Bonchev–Trinajstić information content (AvgIpc) is 2.55. The normalized spacial score (nSPS) is 11.1. The van der Waals surface area contributed by atoms with E-state index in [1.807, 2.05) is 0 Å². The lowest BCUT2D eigenvalue weighted by atomic mass is 10.2. The molecule has 0 heterocycles. The van der Waals surface area contributed by atoms with Crippen molar-refractivity contribution >= 4 is 21.7 Å². The van der Waals surface area contributed by atoms with Gasteiger partial charge in [-0.05, 0) is 24.3 Å². The lowest BCUT2D eigenvalue weighted by molar-refractivity contribution is 0.252. The number of amides is 2. The van der Waals surface area contributed by atoms with E-state index in [0.717, 1.165) is 0 Å². The van der Waals surface area contributed by atoms with E-state index >= 15 is 0 Å². The van der Waals surface area contributed by atoms with E-state index in [1.54, 1.807) is 24.3 Å². The maximum Gasteiger partial charge on any atom is 0.319 e. The number of carbonyl (C=O) groups is 1. The molecular weight excluding hydrogens is 347 g/mol. The first-order chi connectivity index (χ1) is 11.9. The summed E-state index contributed by atoms with van der Waals surface area (Å²) in [5, 5.41) is 13.2. The highest BCUT2D eigenvalue weighted by atomic mass is 32.2. The van der Waals surface area contributed by atoms with Crippen molar-refractivity contribution in [1.82, 2.24) is 10.6 Å². The van der Waals surface area contributed by atoms with Gasteiger partial charge in [0.05, 0.1) is 4.90 Å². The number of anilines is 1. The number of rotatable bonds is 7. The van der Waals surface area contributed by atoms with E-state index in [4.69, 9.17) is 5.14 Å². The molecule has 0 fully saturated rings. The number of hydrogen-bond donors (Lipinski definition) is 4. The van der Waals surface area contributed by atoms with Crippen molar-refractivity contribution in [2.45, 2.75) is 11.4 Å². The molecule has 0 radical (unpaired) electrons. The third kappa shape index (κ3) is 6.14. The second-order valence-corrected chi connectivity index (χ2v) is 6.78. The molecule has 0 aromatic heterocycles. The molecule has 0 aliphatic rings. The summed E-state index contributed by atoms with van der Waals surface area (Å²) in [5.74, 6) is -0.282. The van der Waals surface area contributed by atoms with Gasteiger partial charge in [0, 0.05) is 30.9 Å². The highest BCUT2D eigenvalue weighted by Crippen LogP contribution is 2.13. The molecule has 2 aromatic rings. The quantitative estimate of drug-likeness (QED) is 0.555. The average molecular weight is 366 g/mol. The minimum absolute atomic E-state index is 0.0862. The summed E-state index contributed by atoms with van der Waals surface area (Å²) < 4.78 is 36.0. The van der Waals surface area contributed by atoms with E-state index < -0.39 is 16.1 Å². The van der Waals surface area contributed by atoms with Crippen LogP contribution in [0.4, 0.5) is 14.9 Å². The minimum Gasteiger partial charge on any atom is -0.337 e. The van der Waals surface area contributed by atoms with Gasteiger partial charge in [-0.1, -0.05) is 24.3 Å². The van der Waals surface area contributed by atoms with Crippen LogP contribution in [-0.2, 0) is 16.6 Å². The van der Waals surface area contributed by atoms with Crippen molar-refractivity contribution in [3.8, 4) is 0 Å².